The van der Waals surface area contributed by atoms with Crippen LogP contribution < -0.4 is 5.73 Å². The van der Waals surface area contributed by atoms with Crippen molar-refractivity contribution in [3.8, 4) is 0 Å². The normalized spacial score (nSPS) is 24.8. The highest BCUT2D eigenvalue weighted by Gasteiger charge is 2.39. The van der Waals surface area contributed by atoms with Crippen molar-refractivity contribution in [2.75, 3.05) is 18.8 Å². The Morgan fingerprint density at radius 2 is 2.16 bits per heavy atom. The van der Waals surface area contributed by atoms with E-state index in [-0.39, 0.29) is 28.1 Å². The molecule has 2 rings (SSSR count). The summed E-state index contributed by atoms with van der Waals surface area (Å²) >= 11 is 2.94. The molecule has 8 heteroatoms. The van der Waals surface area contributed by atoms with E-state index in [4.69, 9.17) is 5.73 Å². The van der Waals surface area contributed by atoms with Crippen LogP contribution in [0, 0.1) is 5.82 Å². The summed E-state index contributed by atoms with van der Waals surface area (Å²) < 4.78 is 39.3. The molecular formula is C11H14BrFN2O3S. The van der Waals surface area contributed by atoms with Gasteiger partial charge in [-0.3, -0.25) is 0 Å². The predicted octanol–water partition coefficient (Wildman–Crippen LogP) is 1.32. The Hall–Kier alpha value is -0.700. The van der Waals surface area contributed by atoms with Gasteiger partial charge >= 0.3 is 0 Å². The molecule has 0 amide bonds. The van der Waals surface area contributed by atoms with Crippen LogP contribution in [0.1, 0.15) is 13.3 Å². The molecule has 0 aliphatic carbocycles. The Morgan fingerprint density at radius 1 is 1.53 bits per heavy atom. The predicted molar refractivity (Wildman–Crippen MR) is 72.5 cm³/mol. The fourth-order valence-corrected chi connectivity index (χ4v) is 4.19. The summed E-state index contributed by atoms with van der Waals surface area (Å²) in [5, 5.41) is 9.84. The summed E-state index contributed by atoms with van der Waals surface area (Å²) in [4.78, 5) is -0.154. The molecule has 1 aliphatic heterocycles. The molecule has 1 aliphatic rings. The molecule has 1 aromatic carbocycles. The lowest BCUT2D eigenvalue weighted by Gasteiger charge is -2.20. The highest BCUT2D eigenvalue weighted by molar-refractivity contribution is 9.10. The van der Waals surface area contributed by atoms with Crippen LogP contribution in [0.25, 0.3) is 0 Å². The molecule has 1 atom stereocenters. The molecule has 1 unspecified atom stereocenters. The van der Waals surface area contributed by atoms with E-state index in [1.807, 2.05) is 0 Å². The molecule has 0 bridgehead atoms. The maximum Gasteiger partial charge on any atom is 0.245 e. The first-order chi connectivity index (χ1) is 8.63. The molecule has 1 fully saturated rings. The average molecular weight is 353 g/mol. The summed E-state index contributed by atoms with van der Waals surface area (Å²) in [6.45, 7) is 1.79. The van der Waals surface area contributed by atoms with Crippen molar-refractivity contribution in [2.45, 2.75) is 23.8 Å². The molecule has 0 saturated carbocycles. The molecule has 1 aromatic rings. The van der Waals surface area contributed by atoms with Gasteiger partial charge in [0.25, 0.3) is 0 Å². The third kappa shape index (κ3) is 2.76. The van der Waals surface area contributed by atoms with E-state index < -0.39 is 21.4 Å². The van der Waals surface area contributed by atoms with Gasteiger partial charge in [0.1, 0.15) is 10.7 Å². The zero-order valence-electron chi connectivity index (χ0n) is 10.2. The van der Waals surface area contributed by atoms with Crippen molar-refractivity contribution in [2.24, 2.45) is 0 Å². The van der Waals surface area contributed by atoms with Gasteiger partial charge < -0.3 is 10.8 Å². The number of aliphatic hydroxyl groups is 1. The van der Waals surface area contributed by atoms with Crippen LogP contribution in [0.3, 0.4) is 0 Å². The maximum atomic E-state index is 13.3. The van der Waals surface area contributed by atoms with Gasteiger partial charge in [-0.2, -0.15) is 4.31 Å². The van der Waals surface area contributed by atoms with E-state index in [0.29, 0.717) is 6.42 Å². The van der Waals surface area contributed by atoms with Gasteiger partial charge in [0.15, 0.2) is 0 Å². The van der Waals surface area contributed by atoms with Crippen LogP contribution in [0.5, 0.6) is 0 Å². The van der Waals surface area contributed by atoms with Crippen LogP contribution in [-0.4, -0.2) is 36.5 Å². The quantitative estimate of drug-likeness (QED) is 0.786. The van der Waals surface area contributed by atoms with Crippen molar-refractivity contribution in [3.63, 3.8) is 0 Å². The molecular weight excluding hydrogens is 339 g/mol. The van der Waals surface area contributed by atoms with Gasteiger partial charge in [0.2, 0.25) is 10.0 Å². The maximum absolute atomic E-state index is 13.3. The monoisotopic (exact) mass is 352 g/mol. The first-order valence-corrected chi connectivity index (χ1v) is 7.84. The van der Waals surface area contributed by atoms with Gasteiger partial charge in [-0.25, -0.2) is 12.8 Å². The number of nitrogens with two attached hydrogens (primary N) is 1. The van der Waals surface area contributed by atoms with Crippen LogP contribution in [0.2, 0.25) is 0 Å². The van der Waals surface area contributed by atoms with Gasteiger partial charge in [0, 0.05) is 13.1 Å². The van der Waals surface area contributed by atoms with Crippen molar-refractivity contribution < 1.29 is 17.9 Å². The number of halogens is 2. The molecule has 1 heterocycles. The highest BCUT2D eigenvalue weighted by atomic mass is 79.9. The first kappa shape index (κ1) is 14.7. The van der Waals surface area contributed by atoms with Crippen LogP contribution in [0.15, 0.2) is 21.5 Å². The minimum absolute atomic E-state index is 0.00374. The number of sulfonamides is 1. The number of nitrogens with zero attached hydrogens (tertiary/aromatic N) is 1. The lowest BCUT2D eigenvalue weighted by Crippen LogP contribution is -2.34. The summed E-state index contributed by atoms with van der Waals surface area (Å²) in [6, 6.07) is 2.11. The lowest BCUT2D eigenvalue weighted by atomic mass is 10.1. The number of β-amino-alcohol motifs (C(OH)–C–C–N with tert-alkyl or cyclic N) is 1. The zero-order valence-corrected chi connectivity index (χ0v) is 12.6. The molecule has 19 heavy (non-hydrogen) atoms. The van der Waals surface area contributed by atoms with E-state index in [0.717, 1.165) is 16.4 Å². The second-order valence-electron chi connectivity index (χ2n) is 4.89. The Bertz CT molecular complexity index is 619. The third-order valence-electron chi connectivity index (χ3n) is 3.09. The number of hydrogen-bond acceptors (Lipinski definition) is 4. The zero-order chi connectivity index (χ0) is 14.4. The van der Waals surface area contributed by atoms with E-state index >= 15 is 0 Å². The smallest absolute Gasteiger partial charge is 0.245 e. The molecule has 5 nitrogen and oxygen atoms in total. The van der Waals surface area contributed by atoms with Crippen LogP contribution >= 0.6 is 15.9 Å². The second kappa shape index (κ2) is 4.69. The molecule has 3 N–H and O–H groups in total. The second-order valence-corrected chi connectivity index (χ2v) is 7.65. The summed E-state index contributed by atoms with van der Waals surface area (Å²) in [5.41, 5.74) is 4.39. The van der Waals surface area contributed by atoms with Crippen molar-refractivity contribution in [3.05, 3.63) is 22.4 Å². The minimum Gasteiger partial charge on any atom is -0.398 e. The van der Waals surface area contributed by atoms with Crippen molar-refractivity contribution in [1.82, 2.24) is 4.31 Å². The summed E-state index contributed by atoms with van der Waals surface area (Å²) in [7, 11) is -3.83. The standard InChI is InChI=1S/C11H14BrFN2O3S/c1-11(16)2-3-15(6-11)19(17,18)10-4-7(12)8(13)5-9(10)14/h4-5,16H,2-3,6,14H2,1H3. The molecule has 1 saturated heterocycles. The van der Waals surface area contributed by atoms with Crippen LogP contribution in [0.4, 0.5) is 10.1 Å². The first-order valence-electron chi connectivity index (χ1n) is 5.60. The number of nitrogen functional groups attached to an aromatic ring is 1. The topological polar surface area (TPSA) is 83.6 Å². The van der Waals surface area contributed by atoms with Crippen LogP contribution in [-0.2, 0) is 10.0 Å². The van der Waals surface area contributed by atoms with Crippen molar-refractivity contribution >= 4 is 31.6 Å². The third-order valence-corrected chi connectivity index (χ3v) is 5.60. The molecule has 106 valence electrons. The highest BCUT2D eigenvalue weighted by Crippen LogP contribution is 2.32. The summed E-state index contributed by atoms with van der Waals surface area (Å²) in [6.07, 6.45) is 0.356. The Labute approximate surface area is 119 Å². The Morgan fingerprint density at radius 3 is 2.68 bits per heavy atom. The van der Waals surface area contributed by atoms with Gasteiger partial charge in [-0.1, -0.05) is 0 Å². The number of anilines is 1. The average Bonchev–Trinajstić information content (AvgIpc) is 2.64. The van der Waals surface area contributed by atoms with E-state index in [1.165, 1.54) is 0 Å². The van der Waals surface area contributed by atoms with E-state index in [9.17, 15) is 17.9 Å². The largest absolute Gasteiger partial charge is 0.398 e. The Kier molecular flexibility index (Phi) is 3.63. The molecule has 0 aromatic heterocycles. The molecule has 0 spiro atoms. The van der Waals surface area contributed by atoms with Crippen molar-refractivity contribution in [1.29, 1.82) is 0 Å². The SMILES string of the molecule is CC1(O)CCN(S(=O)(=O)c2cc(Br)c(F)cc2N)C1. The van der Waals surface area contributed by atoms with E-state index in [2.05, 4.69) is 15.9 Å². The van der Waals surface area contributed by atoms with Gasteiger partial charge in [0.05, 0.1) is 15.8 Å². The Balaban J connectivity index is 2.44. The van der Waals surface area contributed by atoms with E-state index in [1.54, 1.807) is 6.92 Å². The number of rotatable bonds is 2. The fraction of sp³-hybridized carbons (Fsp3) is 0.455. The lowest BCUT2D eigenvalue weighted by molar-refractivity contribution is 0.0762. The van der Waals surface area contributed by atoms with Gasteiger partial charge in [-0.15, -0.1) is 0 Å². The summed E-state index contributed by atoms with van der Waals surface area (Å²) in [5.74, 6) is -0.620. The number of hydrogen-bond donors (Lipinski definition) is 2. The fourth-order valence-electron chi connectivity index (χ4n) is 2.02. The number of benzene rings is 1. The van der Waals surface area contributed by atoms with Gasteiger partial charge in [-0.05, 0) is 41.4 Å². The minimum atomic E-state index is -3.83. The molecule has 0 radical (unpaired) electrons.